The van der Waals surface area contributed by atoms with E-state index in [0.717, 1.165) is 5.56 Å². The van der Waals surface area contributed by atoms with Gasteiger partial charge in [-0.15, -0.1) is 11.6 Å². The quantitative estimate of drug-likeness (QED) is 0.447. The average molecular weight is 201 g/mol. The van der Waals surface area contributed by atoms with Gasteiger partial charge in [0.25, 0.3) is 0 Å². The van der Waals surface area contributed by atoms with Crippen molar-refractivity contribution in [2.75, 3.05) is 11.3 Å². The molecule has 0 aliphatic rings. The fourth-order valence-electron chi connectivity index (χ4n) is 0.933. The van der Waals surface area contributed by atoms with Crippen LogP contribution in [0.4, 0.5) is 10.1 Å². The van der Waals surface area contributed by atoms with Gasteiger partial charge in [0, 0.05) is 5.88 Å². The maximum absolute atomic E-state index is 13.1. The van der Waals surface area contributed by atoms with E-state index in [0.29, 0.717) is 5.88 Å². The zero-order valence-electron chi connectivity index (χ0n) is 6.93. The van der Waals surface area contributed by atoms with Gasteiger partial charge in [0.15, 0.2) is 0 Å². The Labute approximate surface area is 81.2 Å². The van der Waals surface area contributed by atoms with Crippen molar-refractivity contribution in [2.24, 2.45) is 5.84 Å². The normalized spacial score (nSPS) is 10.7. The molecule has 0 aliphatic heterocycles. The highest BCUT2D eigenvalue weighted by atomic mass is 35.5. The lowest BCUT2D eigenvalue weighted by atomic mass is 10.2. The Hall–Kier alpha value is -1.06. The molecule has 4 heteroatoms. The molecule has 0 aromatic heterocycles. The van der Waals surface area contributed by atoms with Crippen LogP contribution in [0.1, 0.15) is 5.56 Å². The number of halogens is 2. The number of anilines is 1. The number of benzene rings is 1. The second kappa shape index (κ2) is 4.84. The molecular weight excluding hydrogens is 191 g/mol. The van der Waals surface area contributed by atoms with Crippen molar-refractivity contribution < 1.29 is 4.39 Å². The van der Waals surface area contributed by atoms with Crippen molar-refractivity contribution in [3.8, 4) is 0 Å². The Morgan fingerprint density at radius 1 is 1.54 bits per heavy atom. The molecule has 0 heterocycles. The maximum Gasteiger partial charge on any atom is 0.148 e. The Morgan fingerprint density at radius 2 is 2.31 bits per heavy atom. The standard InChI is InChI=1S/C9H10ClFN2/c10-5-1-2-7-3-4-9(13-12)8(11)6-7/h1-4,6,13H,5,12H2. The van der Waals surface area contributed by atoms with E-state index in [-0.39, 0.29) is 11.5 Å². The van der Waals surface area contributed by atoms with Crippen LogP contribution in [-0.4, -0.2) is 5.88 Å². The van der Waals surface area contributed by atoms with Gasteiger partial charge in [0.05, 0.1) is 5.69 Å². The van der Waals surface area contributed by atoms with Crippen molar-refractivity contribution in [2.45, 2.75) is 0 Å². The molecule has 1 rings (SSSR count). The van der Waals surface area contributed by atoms with Crippen LogP contribution in [0.2, 0.25) is 0 Å². The number of hydrogen-bond acceptors (Lipinski definition) is 2. The van der Waals surface area contributed by atoms with Gasteiger partial charge in [-0.2, -0.15) is 0 Å². The van der Waals surface area contributed by atoms with Crippen molar-refractivity contribution in [3.05, 3.63) is 35.7 Å². The Morgan fingerprint density at radius 3 is 2.85 bits per heavy atom. The summed E-state index contributed by atoms with van der Waals surface area (Å²) < 4.78 is 13.1. The smallest absolute Gasteiger partial charge is 0.148 e. The van der Waals surface area contributed by atoms with Gasteiger partial charge in [0.2, 0.25) is 0 Å². The van der Waals surface area contributed by atoms with Gasteiger partial charge < -0.3 is 5.43 Å². The fraction of sp³-hybridized carbons (Fsp3) is 0.111. The molecule has 0 amide bonds. The van der Waals surface area contributed by atoms with Crippen LogP contribution >= 0.6 is 11.6 Å². The highest BCUT2D eigenvalue weighted by Gasteiger charge is 1.98. The van der Waals surface area contributed by atoms with E-state index in [1.54, 1.807) is 24.3 Å². The zero-order chi connectivity index (χ0) is 9.68. The Balaban J connectivity index is 2.89. The highest BCUT2D eigenvalue weighted by Crippen LogP contribution is 2.15. The molecular formula is C9H10ClFN2. The Kier molecular flexibility index (Phi) is 3.73. The summed E-state index contributed by atoms with van der Waals surface area (Å²) in [6.07, 6.45) is 3.49. The van der Waals surface area contributed by atoms with Crippen LogP contribution in [0.3, 0.4) is 0 Å². The third-order valence-electron chi connectivity index (χ3n) is 1.55. The van der Waals surface area contributed by atoms with Crippen LogP contribution in [0.25, 0.3) is 6.08 Å². The first kappa shape index (κ1) is 10.0. The molecule has 0 bridgehead atoms. The van der Waals surface area contributed by atoms with Crippen LogP contribution in [0.15, 0.2) is 24.3 Å². The third-order valence-corrected chi connectivity index (χ3v) is 1.73. The summed E-state index contributed by atoms with van der Waals surface area (Å²) in [4.78, 5) is 0. The number of alkyl halides is 1. The van der Waals surface area contributed by atoms with Crippen LogP contribution in [0, 0.1) is 5.82 Å². The van der Waals surface area contributed by atoms with Crippen molar-refractivity contribution in [3.63, 3.8) is 0 Å². The minimum Gasteiger partial charge on any atom is -0.321 e. The van der Waals surface area contributed by atoms with Gasteiger partial charge >= 0.3 is 0 Å². The molecule has 0 atom stereocenters. The van der Waals surface area contributed by atoms with Crippen LogP contribution in [-0.2, 0) is 0 Å². The monoisotopic (exact) mass is 200 g/mol. The molecule has 0 aliphatic carbocycles. The molecule has 0 fully saturated rings. The molecule has 70 valence electrons. The molecule has 0 unspecified atom stereocenters. The molecule has 0 saturated carbocycles. The number of nitrogens with two attached hydrogens (primary N) is 1. The van der Waals surface area contributed by atoms with E-state index in [1.165, 1.54) is 6.07 Å². The first-order valence-electron chi connectivity index (χ1n) is 3.76. The molecule has 0 saturated heterocycles. The molecule has 0 spiro atoms. The fourth-order valence-corrected chi connectivity index (χ4v) is 1.02. The topological polar surface area (TPSA) is 38.0 Å². The molecule has 0 radical (unpaired) electrons. The predicted octanol–water partition coefficient (Wildman–Crippen LogP) is 2.36. The van der Waals surface area contributed by atoms with E-state index in [4.69, 9.17) is 17.4 Å². The van der Waals surface area contributed by atoms with Crippen LogP contribution < -0.4 is 11.3 Å². The predicted molar refractivity (Wildman–Crippen MR) is 54.0 cm³/mol. The van der Waals surface area contributed by atoms with Crippen molar-refractivity contribution >= 4 is 23.4 Å². The second-order valence-corrected chi connectivity index (χ2v) is 2.75. The average Bonchev–Trinajstić information content (AvgIpc) is 2.15. The van der Waals surface area contributed by atoms with Gasteiger partial charge in [-0.1, -0.05) is 18.2 Å². The Bertz CT molecular complexity index is 312. The minimum absolute atomic E-state index is 0.281. The summed E-state index contributed by atoms with van der Waals surface area (Å²) in [7, 11) is 0. The highest BCUT2D eigenvalue weighted by molar-refractivity contribution is 6.19. The summed E-state index contributed by atoms with van der Waals surface area (Å²) in [5.41, 5.74) is 3.30. The lowest BCUT2D eigenvalue weighted by Gasteiger charge is -2.01. The van der Waals surface area contributed by atoms with E-state index < -0.39 is 0 Å². The molecule has 1 aromatic carbocycles. The largest absolute Gasteiger partial charge is 0.321 e. The first-order valence-corrected chi connectivity index (χ1v) is 4.30. The van der Waals surface area contributed by atoms with Gasteiger partial charge in [-0.25, -0.2) is 4.39 Å². The lowest BCUT2D eigenvalue weighted by molar-refractivity contribution is 0.630. The van der Waals surface area contributed by atoms with Gasteiger partial charge in [-0.3, -0.25) is 5.84 Å². The molecule has 13 heavy (non-hydrogen) atoms. The van der Waals surface area contributed by atoms with Crippen molar-refractivity contribution in [1.82, 2.24) is 0 Å². The number of allylic oxidation sites excluding steroid dienone is 1. The number of hydrogen-bond donors (Lipinski definition) is 2. The van der Waals surface area contributed by atoms with E-state index >= 15 is 0 Å². The SMILES string of the molecule is NNc1ccc(C=CCCl)cc1F. The maximum atomic E-state index is 13.1. The molecule has 1 aromatic rings. The number of rotatable bonds is 3. The van der Waals surface area contributed by atoms with Crippen molar-refractivity contribution in [1.29, 1.82) is 0 Å². The summed E-state index contributed by atoms with van der Waals surface area (Å²) >= 11 is 5.44. The minimum atomic E-state index is -0.376. The number of hydrazine groups is 1. The summed E-state index contributed by atoms with van der Waals surface area (Å²) in [5.74, 6) is 5.11. The van der Waals surface area contributed by atoms with E-state index in [1.807, 2.05) is 0 Å². The van der Waals surface area contributed by atoms with E-state index in [9.17, 15) is 4.39 Å². The summed E-state index contributed by atoms with van der Waals surface area (Å²) in [5, 5.41) is 0. The van der Waals surface area contributed by atoms with Crippen LogP contribution in [0.5, 0.6) is 0 Å². The molecule has 2 nitrogen and oxygen atoms in total. The molecule has 3 N–H and O–H groups in total. The zero-order valence-corrected chi connectivity index (χ0v) is 7.68. The van der Waals surface area contributed by atoms with Gasteiger partial charge in [0.1, 0.15) is 5.82 Å². The number of nitrogens with one attached hydrogen (secondary N) is 1. The number of nitrogen functional groups attached to an aromatic ring is 1. The first-order chi connectivity index (χ1) is 6.27. The van der Waals surface area contributed by atoms with E-state index in [2.05, 4.69) is 5.43 Å². The van der Waals surface area contributed by atoms with Gasteiger partial charge in [-0.05, 0) is 17.7 Å². The lowest BCUT2D eigenvalue weighted by Crippen LogP contribution is -2.08. The second-order valence-electron chi connectivity index (χ2n) is 2.44. The third kappa shape index (κ3) is 2.72. The summed E-state index contributed by atoms with van der Waals surface area (Å²) in [6.45, 7) is 0. The summed E-state index contributed by atoms with van der Waals surface area (Å²) in [6, 6.07) is 4.71.